The topological polar surface area (TPSA) is 73.6 Å². The number of nitrogens with two attached hydrogens (primary N) is 1. The van der Waals surface area contributed by atoms with E-state index in [9.17, 15) is 4.79 Å². The Labute approximate surface area is 99.9 Å². The van der Waals surface area contributed by atoms with Gasteiger partial charge in [-0.15, -0.1) is 0 Å². The highest BCUT2D eigenvalue weighted by Crippen LogP contribution is 2.30. The van der Waals surface area contributed by atoms with Crippen molar-refractivity contribution in [2.45, 2.75) is 19.1 Å². The number of rotatable bonds is 3. The van der Waals surface area contributed by atoms with Gasteiger partial charge in [-0.25, -0.2) is 0 Å². The van der Waals surface area contributed by atoms with Crippen LogP contribution in [0.25, 0.3) is 0 Å². The Bertz CT molecular complexity index is 406. The molecule has 1 amide bonds. The molecule has 5 nitrogen and oxygen atoms in total. The van der Waals surface area contributed by atoms with Gasteiger partial charge in [0.25, 0.3) is 0 Å². The molecular weight excluding hydrogens is 220 g/mol. The van der Waals surface area contributed by atoms with Crippen LogP contribution in [0.2, 0.25) is 0 Å². The fourth-order valence-corrected chi connectivity index (χ4v) is 1.54. The molecule has 1 aromatic rings. The van der Waals surface area contributed by atoms with E-state index in [1.807, 2.05) is 24.3 Å². The number of para-hydroxylation sites is 2. The number of carbonyl (C=O) groups excluding carboxylic acids is 1. The second-order valence-electron chi connectivity index (χ2n) is 4.03. The van der Waals surface area contributed by atoms with Crippen LogP contribution in [0.4, 0.5) is 0 Å². The van der Waals surface area contributed by atoms with Crippen LogP contribution >= 0.6 is 0 Å². The molecule has 0 aliphatic carbocycles. The van der Waals surface area contributed by atoms with Crippen molar-refractivity contribution < 1.29 is 14.3 Å². The highest BCUT2D eigenvalue weighted by molar-refractivity contribution is 5.80. The zero-order chi connectivity index (χ0) is 12.3. The Morgan fingerprint density at radius 2 is 2.24 bits per heavy atom. The summed E-state index contributed by atoms with van der Waals surface area (Å²) in [6, 6.07) is 6.96. The van der Waals surface area contributed by atoms with Crippen LogP contribution < -0.4 is 20.5 Å². The van der Waals surface area contributed by atoms with E-state index in [1.165, 1.54) is 0 Å². The van der Waals surface area contributed by atoms with E-state index in [1.54, 1.807) is 6.92 Å². The van der Waals surface area contributed by atoms with Crippen molar-refractivity contribution in [1.82, 2.24) is 5.32 Å². The molecule has 1 heterocycles. The van der Waals surface area contributed by atoms with Crippen molar-refractivity contribution in [1.29, 1.82) is 0 Å². The molecule has 92 valence electrons. The highest BCUT2D eigenvalue weighted by atomic mass is 16.6. The Hall–Kier alpha value is -1.75. The Kier molecular flexibility index (Phi) is 3.49. The van der Waals surface area contributed by atoms with Gasteiger partial charge in [-0.3, -0.25) is 4.79 Å². The van der Waals surface area contributed by atoms with Crippen molar-refractivity contribution in [2.75, 3.05) is 13.2 Å². The van der Waals surface area contributed by atoms with Crippen molar-refractivity contribution >= 4 is 5.91 Å². The van der Waals surface area contributed by atoms with Gasteiger partial charge in [0.15, 0.2) is 11.5 Å². The smallest absolute Gasteiger partial charge is 0.236 e. The van der Waals surface area contributed by atoms with Gasteiger partial charge in [0.2, 0.25) is 5.91 Å². The summed E-state index contributed by atoms with van der Waals surface area (Å²) in [7, 11) is 0. The third-order valence-corrected chi connectivity index (χ3v) is 2.49. The van der Waals surface area contributed by atoms with Crippen LogP contribution in [0, 0.1) is 0 Å². The van der Waals surface area contributed by atoms with Crippen LogP contribution in [-0.2, 0) is 4.79 Å². The number of fused-ring (bicyclic) bond motifs is 1. The van der Waals surface area contributed by atoms with E-state index in [0.29, 0.717) is 18.9 Å². The minimum atomic E-state index is -0.508. The van der Waals surface area contributed by atoms with Crippen LogP contribution in [0.5, 0.6) is 11.5 Å². The van der Waals surface area contributed by atoms with Crippen LogP contribution in [0.1, 0.15) is 6.92 Å². The second-order valence-corrected chi connectivity index (χ2v) is 4.03. The average Bonchev–Trinajstić information content (AvgIpc) is 2.35. The first-order valence-corrected chi connectivity index (χ1v) is 5.58. The molecule has 1 aliphatic heterocycles. The molecule has 0 radical (unpaired) electrons. The largest absolute Gasteiger partial charge is 0.486 e. The van der Waals surface area contributed by atoms with Crippen molar-refractivity contribution in [3.05, 3.63) is 24.3 Å². The summed E-state index contributed by atoms with van der Waals surface area (Å²) in [5.74, 6) is 1.26. The third-order valence-electron chi connectivity index (χ3n) is 2.49. The molecule has 17 heavy (non-hydrogen) atoms. The molecule has 0 saturated heterocycles. The van der Waals surface area contributed by atoms with Gasteiger partial charge in [0.05, 0.1) is 12.6 Å². The molecule has 3 N–H and O–H groups in total. The van der Waals surface area contributed by atoms with Crippen LogP contribution in [-0.4, -0.2) is 31.2 Å². The van der Waals surface area contributed by atoms with E-state index in [4.69, 9.17) is 15.2 Å². The summed E-state index contributed by atoms with van der Waals surface area (Å²) in [5.41, 5.74) is 5.44. The molecular formula is C12H16N2O3. The average molecular weight is 236 g/mol. The summed E-state index contributed by atoms with van der Waals surface area (Å²) in [6.45, 7) is 2.47. The van der Waals surface area contributed by atoms with Gasteiger partial charge in [0.1, 0.15) is 12.7 Å². The summed E-state index contributed by atoms with van der Waals surface area (Å²) < 4.78 is 11.2. The van der Waals surface area contributed by atoms with E-state index < -0.39 is 6.04 Å². The zero-order valence-electron chi connectivity index (χ0n) is 9.68. The Morgan fingerprint density at radius 3 is 2.94 bits per heavy atom. The Morgan fingerprint density at radius 1 is 1.53 bits per heavy atom. The number of nitrogens with one attached hydrogen (secondary N) is 1. The lowest BCUT2D eigenvalue weighted by molar-refractivity contribution is -0.122. The van der Waals surface area contributed by atoms with Gasteiger partial charge in [-0.1, -0.05) is 12.1 Å². The SMILES string of the molecule is C[C@@H](N)C(=O)NCC1COc2ccccc2O1. The molecule has 1 aliphatic rings. The molecule has 1 unspecified atom stereocenters. The monoisotopic (exact) mass is 236 g/mol. The summed E-state index contributed by atoms with van der Waals surface area (Å²) in [6.07, 6.45) is -0.174. The number of hydrogen-bond donors (Lipinski definition) is 2. The predicted molar refractivity (Wildman–Crippen MR) is 63.0 cm³/mol. The fourth-order valence-electron chi connectivity index (χ4n) is 1.54. The fraction of sp³-hybridized carbons (Fsp3) is 0.417. The summed E-state index contributed by atoms with van der Waals surface area (Å²) in [4.78, 5) is 11.3. The summed E-state index contributed by atoms with van der Waals surface area (Å²) >= 11 is 0. The first-order chi connectivity index (χ1) is 8.16. The lowest BCUT2D eigenvalue weighted by Gasteiger charge is -2.26. The summed E-state index contributed by atoms with van der Waals surface area (Å²) in [5, 5.41) is 2.71. The van der Waals surface area contributed by atoms with E-state index in [2.05, 4.69) is 5.32 Å². The van der Waals surface area contributed by atoms with Gasteiger partial charge in [0, 0.05) is 0 Å². The van der Waals surface area contributed by atoms with E-state index in [-0.39, 0.29) is 12.0 Å². The number of benzene rings is 1. The van der Waals surface area contributed by atoms with Crippen molar-refractivity contribution in [3.63, 3.8) is 0 Å². The number of carbonyl (C=O) groups is 1. The molecule has 0 spiro atoms. The normalized spacial score (nSPS) is 19.5. The molecule has 2 rings (SSSR count). The van der Waals surface area contributed by atoms with Gasteiger partial charge in [-0.2, -0.15) is 0 Å². The molecule has 0 fully saturated rings. The maximum Gasteiger partial charge on any atom is 0.236 e. The molecule has 0 bridgehead atoms. The van der Waals surface area contributed by atoms with Gasteiger partial charge in [-0.05, 0) is 19.1 Å². The van der Waals surface area contributed by atoms with Crippen LogP contribution in [0.3, 0.4) is 0 Å². The standard InChI is InChI=1S/C12H16N2O3/c1-8(13)12(15)14-6-9-7-16-10-4-2-3-5-11(10)17-9/h2-5,8-9H,6-7,13H2,1H3,(H,14,15)/t8-,9?/m1/s1. The quantitative estimate of drug-likeness (QED) is 0.791. The number of amides is 1. The van der Waals surface area contributed by atoms with Gasteiger partial charge < -0.3 is 20.5 Å². The molecule has 2 atom stereocenters. The second kappa shape index (κ2) is 5.05. The molecule has 1 aromatic carbocycles. The van der Waals surface area contributed by atoms with Crippen molar-refractivity contribution in [2.24, 2.45) is 5.73 Å². The minimum absolute atomic E-state index is 0.174. The third kappa shape index (κ3) is 2.88. The molecule has 5 heteroatoms. The van der Waals surface area contributed by atoms with E-state index >= 15 is 0 Å². The lowest BCUT2D eigenvalue weighted by atomic mass is 10.2. The van der Waals surface area contributed by atoms with Crippen molar-refractivity contribution in [3.8, 4) is 11.5 Å². The van der Waals surface area contributed by atoms with Crippen LogP contribution in [0.15, 0.2) is 24.3 Å². The number of ether oxygens (including phenoxy) is 2. The minimum Gasteiger partial charge on any atom is -0.486 e. The Balaban J connectivity index is 1.88. The maximum atomic E-state index is 11.3. The highest BCUT2D eigenvalue weighted by Gasteiger charge is 2.21. The first kappa shape index (κ1) is 11.7. The maximum absolute atomic E-state index is 11.3. The predicted octanol–water partition coefficient (Wildman–Crippen LogP) is 0.290. The lowest BCUT2D eigenvalue weighted by Crippen LogP contribution is -2.45. The molecule has 0 saturated carbocycles. The first-order valence-electron chi connectivity index (χ1n) is 5.58. The zero-order valence-corrected chi connectivity index (χ0v) is 9.68. The van der Waals surface area contributed by atoms with Gasteiger partial charge >= 0.3 is 0 Å². The van der Waals surface area contributed by atoms with E-state index in [0.717, 1.165) is 5.75 Å². The number of hydrogen-bond acceptors (Lipinski definition) is 4. The molecule has 0 aromatic heterocycles.